The second-order valence-corrected chi connectivity index (χ2v) is 3.21. The molecule has 14 heavy (non-hydrogen) atoms. The first-order valence-corrected chi connectivity index (χ1v) is 4.75. The Labute approximate surface area is 82.4 Å². The van der Waals surface area contributed by atoms with Gasteiger partial charge in [0.1, 0.15) is 5.76 Å². The van der Waals surface area contributed by atoms with Crippen LogP contribution in [0.5, 0.6) is 0 Å². The van der Waals surface area contributed by atoms with Crippen molar-refractivity contribution in [2.24, 2.45) is 0 Å². The summed E-state index contributed by atoms with van der Waals surface area (Å²) in [5, 5.41) is 0. The summed E-state index contributed by atoms with van der Waals surface area (Å²) in [6, 6.07) is 3.70. The standard InChI is InChI=1S/C11H12O3/c12-10(11-4-2-8-14-11)6-5-9-3-1-7-13-9/h1,3-4,7H,2,5-6,8H2. The van der Waals surface area contributed by atoms with Gasteiger partial charge >= 0.3 is 0 Å². The molecular weight excluding hydrogens is 180 g/mol. The molecule has 0 atom stereocenters. The lowest BCUT2D eigenvalue weighted by atomic mass is 10.1. The minimum absolute atomic E-state index is 0.0684. The third-order valence-electron chi connectivity index (χ3n) is 2.16. The lowest BCUT2D eigenvalue weighted by Gasteiger charge is -2.00. The van der Waals surface area contributed by atoms with Crippen LogP contribution in [0.3, 0.4) is 0 Å². The van der Waals surface area contributed by atoms with Gasteiger partial charge in [-0.3, -0.25) is 4.79 Å². The van der Waals surface area contributed by atoms with Gasteiger partial charge in [0.25, 0.3) is 0 Å². The van der Waals surface area contributed by atoms with E-state index in [1.807, 2.05) is 18.2 Å². The van der Waals surface area contributed by atoms with E-state index in [2.05, 4.69) is 0 Å². The van der Waals surface area contributed by atoms with Gasteiger partial charge in [-0.1, -0.05) is 0 Å². The third-order valence-corrected chi connectivity index (χ3v) is 2.16. The monoisotopic (exact) mass is 192 g/mol. The number of rotatable bonds is 4. The molecule has 0 N–H and O–H groups in total. The Bertz CT molecular complexity index is 335. The Kier molecular flexibility index (Phi) is 2.68. The van der Waals surface area contributed by atoms with E-state index in [-0.39, 0.29) is 5.78 Å². The Morgan fingerprint density at radius 3 is 3.07 bits per heavy atom. The predicted molar refractivity (Wildman–Crippen MR) is 50.7 cm³/mol. The minimum atomic E-state index is 0.0684. The number of carbonyl (C=O) groups excluding carboxylic acids is 1. The average molecular weight is 192 g/mol. The van der Waals surface area contributed by atoms with Crippen molar-refractivity contribution in [3.05, 3.63) is 36.0 Å². The van der Waals surface area contributed by atoms with E-state index in [1.54, 1.807) is 6.26 Å². The van der Waals surface area contributed by atoms with Crippen LogP contribution >= 0.6 is 0 Å². The van der Waals surface area contributed by atoms with Crippen LogP contribution in [0, 0.1) is 0 Å². The number of Topliss-reactive ketones (excluding diaryl/α,β-unsaturated/α-hetero) is 1. The first kappa shape index (κ1) is 9.06. The smallest absolute Gasteiger partial charge is 0.197 e. The number of allylic oxidation sites excluding steroid dienone is 1. The SMILES string of the molecule is O=C(CCc1ccco1)C1=CCCO1. The summed E-state index contributed by atoms with van der Waals surface area (Å²) in [7, 11) is 0. The Hall–Kier alpha value is -1.51. The molecule has 0 unspecified atom stereocenters. The fraction of sp³-hybridized carbons (Fsp3) is 0.364. The van der Waals surface area contributed by atoms with Gasteiger partial charge in [0.2, 0.25) is 0 Å². The molecule has 3 heteroatoms. The molecule has 1 aliphatic heterocycles. The molecule has 0 amide bonds. The normalized spacial score (nSPS) is 15.0. The van der Waals surface area contributed by atoms with Crippen LogP contribution in [0.15, 0.2) is 34.6 Å². The van der Waals surface area contributed by atoms with Gasteiger partial charge < -0.3 is 9.15 Å². The molecule has 0 bridgehead atoms. The molecular formula is C11H12O3. The summed E-state index contributed by atoms with van der Waals surface area (Å²) < 4.78 is 10.3. The average Bonchev–Trinajstić information content (AvgIpc) is 2.87. The fourth-order valence-electron chi connectivity index (χ4n) is 1.43. The highest BCUT2D eigenvalue weighted by Crippen LogP contribution is 2.13. The highest BCUT2D eigenvalue weighted by Gasteiger charge is 2.14. The van der Waals surface area contributed by atoms with Gasteiger partial charge in [-0.15, -0.1) is 0 Å². The molecule has 1 aliphatic rings. The zero-order valence-electron chi connectivity index (χ0n) is 7.86. The van der Waals surface area contributed by atoms with E-state index in [0.717, 1.165) is 12.2 Å². The van der Waals surface area contributed by atoms with Crippen LogP contribution in [0.4, 0.5) is 0 Å². The number of furan rings is 1. The zero-order chi connectivity index (χ0) is 9.80. The van der Waals surface area contributed by atoms with E-state index < -0.39 is 0 Å². The third kappa shape index (κ3) is 2.05. The molecule has 0 saturated heterocycles. The van der Waals surface area contributed by atoms with Gasteiger partial charge in [0.15, 0.2) is 11.5 Å². The van der Waals surface area contributed by atoms with Gasteiger partial charge in [-0.2, -0.15) is 0 Å². The second-order valence-electron chi connectivity index (χ2n) is 3.21. The van der Waals surface area contributed by atoms with Crippen LogP contribution in [-0.2, 0) is 16.0 Å². The van der Waals surface area contributed by atoms with Crippen molar-refractivity contribution in [1.82, 2.24) is 0 Å². The summed E-state index contributed by atoms with van der Waals surface area (Å²) >= 11 is 0. The zero-order valence-corrected chi connectivity index (χ0v) is 7.86. The Balaban J connectivity index is 1.83. The molecule has 0 saturated carbocycles. The number of carbonyl (C=O) groups is 1. The summed E-state index contributed by atoms with van der Waals surface area (Å²) in [5.41, 5.74) is 0. The molecule has 2 heterocycles. The number of aryl methyl sites for hydroxylation is 1. The maximum Gasteiger partial charge on any atom is 0.197 e. The summed E-state index contributed by atoms with van der Waals surface area (Å²) in [5.74, 6) is 1.44. The summed E-state index contributed by atoms with van der Waals surface area (Å²) in [6.07, 6.45) is 5.42. The molecule has 1 aromatic rings. The molecule has 2 rings (SSSR count). The lowest BCUT2D eigenvalue weighted by Crippen LogP contribution is -2.04. The number of hydrogen-bond acceptors (Lipinski definition) is 3. The molecule has 0 spiro atoms. The summed E-state index contributed by atoms with van der Waals surface area (Å²) in [4.78, 5) is 11.5. The molecule has 0 aliphatic carbocycles. The van der Waals surface area contributed by atoms with Crippen molar-refractivity contribution >= 4 is 5.78 Å². The molecule has 3 nitrogen and oxygen atoms in total. The molecule has 0 aromatic carbocycles. The predicted octanol–water partition coefficient (Wildman–Crippen LogP) is 2.09. The largest absolute Gasteiger partial charge is 0.490 e. The first-order valence-electron chi connectivity index (χ1n) is 4.75. The molecule has 0 radical (unpaired) electrons. The number of hydrogen-bond donors (Lipinski definition) is 0. The highest BCUT2D eigenvalue weighted by atomic mass is 16.5. The topological polar surface area (TPSA) is 39.4 Å². The van der Waals surface area contributed by atoms with Gasteiger partial charge in [-0.05, 0) is 18.2 Å². The number of ketones is 1. The van der Waals surface area contributed by atoms with E-state index in [0.29, 0.717) is 25.2 Å². The van der Waals surface area contributed by atoms with Crippen molar-refractivity contribution < 1.29 is 13.9 Å². The molecule has 0 fully saturated rings. The van der Waals surface area contributed by atoms with Gasteiger partial charge in [-0.25, -0.2) is 0 Å². The van der Waals surface area contributed by atoms with Crippen LogP contribution in [0.1, 0.15) is 18.6 Å². The maximum atomic E-state index is 11.5. The highest BCUT2D eigenvalue weighted by molar-refractivity contribution is 5.93. The van der Waals surface area contributed by atoms with Crippen LogP contribution < -0.4 is 0 Å². The lowest BCUT2D eigenvalue weighted by molar-refractivity contribution is -0.118. The maximum absolute atomic E-state index is 11.5. The van der Waals surface area contributed by atoms with E-state index in [1.165, 1.54) is 0 Å². The fourth-order valence-corrected chi connectivity index (χ4v) is 1.43. The van der Waals surface area contributed by atoms with Crippen LogP contribution in [0.25, 0.3) is 0 Å². The first-order chi connectivity index (χ1) is 6.86. The van der Waals surface area contributed by atoms with Crippen LogP contribution in [0.2, 0.25) is 0 Å². The summed E-state index contributed by atoms with van der Waals surface area (Å²) in [6.45, 7) is 0.641. The minimum Gasteiger partial charge on any atom is -0.490 e. The molecule has 74 valence electrons. The number of ether oxygens (including phenoxy) is 1. The van der Waals surface area contributed by atoms with Gasteiger partial charge in [0.05, 0.1) is 12.9 Å². The Morgan fingerprint density at radius 2 is 2.43 bits per heavy atom. The van der Waals surface area contributed by atoms with Crippen molar-refractivity contribution in [3.8, 4) is 0 Å². The van der Waals surface area contributed by atoms with Crippen LogP contribution in [-0.4, -0.2) is 12.4 Å². The van der Waals surface area contributed by atoms with E-state index >= 15 is 0 Å². The Morgan fingerprint density at radius 1 is 1.50 bits per heavy atom. The van der Waals surface area contributed by atoms with Crippen molar-refractivity contribution in [3.63, 3.8) is 0 Å². The van der Waals surface area contributed by atoms with E-state index in [9.17, 15) is 4.79 Å². The van der Waals surface area contributed by atoms with Gasteiger partial charge in [0, 0.05) is 19.3 Å². The van der Waals surface area contributed by atoms with E-state index in [4.69, 9.17) is 9.15 Å². The molecule has 1 aromatic heterocycles. The van der Waals surface area contributed by atoms with Crippen molar-refractivity contribution in [1.29, 1.82) is 0 Å². The second kappa shape index (κ2) is 4.13. The van der Waals surface area contributed by atoms with Crippen molar-refractivity contribution in [2.75, 3.05) is 6.61 Å². The van der Waals surface area contributed by atoms with Crippen molar-refractivity contribution in [2.45, 2.75) is 19.3 Å². The quantitative estimate of drug-likeness (QED) is 0.733.